The van der Waals surface area contributed by atoms with Gasteiger partial charge in [-0.25, -0.2) is 4.79 Å². The molecule has 0 N–H and O–H groups in total. The summed E-state index contributed by atoms with van der Waals surface area (Å²) >= 11 is 12.2. The number of methoxy groups -OCH3 is 1. The zero-order chi connectivity index (χ0) is 21.1. The highest BCUT2D eigenvalue weighted by Gasteiger charge is 2.17. The lowest BCUT2D eigenvalue weighted by Gasteiger charge is -2.09. The fourth-order valence-electron chi connectivity index (χ4n) is 2.87. The molecule has 4 aromatic rings. The quantitative estimate of drug-likeness (QED) is 0.354. The fourth-order valence-corrected chi connectivity index (χ4v) is 3.16. The Morgan fingerprint density at radius 1 is 0.900 bits per heavy atom. The van der Waals surface area contributed by atoms with Crippen molar-refractivity contribution >= 4 is 29.2 Å². The molecule has 3 aromatic carbocycles. The summed E-state index contributed by atoms with van der Waals surface area (Å²) in [4.78, 5) is 12.7. The van der Waals surface area contributed by atoms with Crippen LogP contribution >= 0.6 is 23.2 Å². The Bertz CT molecular complexity index is 1190. The van der Waals surface area contributed by atoms with Crippen LogP contribution in [0.2, 0.25) is 10.0 Å². The van der Waals surface area contributed by atoms with E-state index in [9.17, 15) is 4.79 Å². The van der Waals surface area contributed by atoms with E-state index in [0.29, 0.717) is 32.7 Å². The monoisotopic (exact) mass is 438 g/mol. The standard InChI is InChI=1S/C23H16Cl2N2O3/c1-29-18-10-7-16(8-11-18)23(28)30-22-14-21(15-5-3-2-4-6-15)26-27(22)17-9-12-19(24)20(25)13-17/h2-14H,1H3. The van der Waals surface area contributed by atoms with Crippen molar-refractivity contribution in [2.75, 3.05) is 7.11 Å². The minimum atomic E-state index is -0.515. The maximum absolute atomic E-state index is 12.7. The summed E-state index contributed by atoms with van der Waals surface area (Å²) in [6, 6.07) is 23.1. The van der Waals surface area contributed by atoms with Gasteiger partial charge in [0.25, 0.3) is 0 Å². The smallest absolute Gasteiger partial charge is 0.344 e. The highest BCUT2D eigenvalue weighted by Crippen LogP contribution is 2.30. The van der Waals surface area contributed by atoms with E-state index >= 15 is 0 Å². The van der Waals surface area contributed by atoms with Gasteiger partial charge < -0.3 is 9.47 Å². The zero-order valence-electron chi connectivity index (χ0n) is 15.9. The first-order valence-electron chi connectivity index (χ1n) is 9.02. The van der Waals surface area contributed by atoms with Crippen molar-refractivity contribution in [1.82, 2.24) is 9.78 Å². The predicted octanol–water partition coefficient (Wildman–Crippen LogP) is 6.07. The van der Waals surface area contributed by atoms with Gasteiger partial charge in [-0.3, -0.25) is 0 Å². The van der Waals surface area contributed by atoms with Crippen LogP contribution in [0.5, 0.6) is 11.6 Å². The van der Waals surface area contributed by atoms with Gasteiger partial charge in [-0.05, 0) is 42.5 Å². The number of nitrogens with zero attached hydrogens (tertiary/aromatic N) is 2. The first-order chi connectivity index (χ1) is 14.5. The molecule has 0 saturated carbocycles. The second-order valence-corrected chi connectivity index (χ2v) is 7.18. The molecule has 0 atom stereocenters. The fraction of sp³-hybridized carbons (Fsp3) is 0.0435. The van der Waals surface area contributed by atoms with E-state index < -0.39 is 5.97 Å². The molecule has 0 unspecified atom stereocenters. The molecule has 0 aliphatic heterocycles. The Hall–Kier alpha value is -3.28. The minimum Gasteiger partial charge on any atom is -0.497 e. The number of halogens is 2. The lowest BCUT2D eigenvalue weighted by molar-refractivity contribution is 0.0723. The molecule has 30 heavy (non-hydrogen) atoms. The maximum atomic E-state index is 12.7. The molecule has 0 aliphatic carbocycles. The van der Waals surface area contributed by atoms with Crippen LogP contribution < -0.4 is 9.47 Å². The number of aromatic nitrogens is 2. The number of hydrogen-bond acceptors (Lipinski definition) is 4. The normalized spacial score (nSPS) is 10.6. The number of carbonyl (C=O) groups excluding carboxylic acids is 1. The van der Waals surface area contributed by atoms with Crippen molar-refractivity contribution < 1.29 is 14.3 Å². The molecule has 150 valence electrons. The molecule has 7 heteroatoms. The molecule has 4 rings (SSSR count). The number of ether oxygens (including phenoxy) is 2. The summed E-state index contributed by atoms with van der Waals surface area (Å²) < 4.78 is 12.3. The molecular formula is C23H16Cl2N2O3. The van der Waals surface area contributed by atoms with E-state index in [-0.39, 0.29) is 5.88 Å². The summed E-state index contributed by atoms with van der Waals surface area (Å²) in [6.45, 7) is 0. The van der Waals surface area contributed by atoms with Gasteiger partial charge in [0.05, 0.1) is 34.1 Å². The van der Waals surface area contributed by atoms with Gasteiger partial charge in [0.1, 0.15) is 5.75 Å². The number of esters is 1. The van der Waals surface area contributed by atoms with Gasteiger partial charge in [0.15, 0.2) is 0 Å². The number of hydrogen-bond donors (Lipinski definition) is 0. The highest BCUT2D eigenvalue weighted by molar-refractivity contribution is 6.42. The first kappa shape index (κ1) is 20.0. The van der Waals surface area contributed by atoms with Crippen molar-refractivity contribution in [3.8, 4) is 28.6 Å². The summed E-state index contributed by atoms with van der Waals surface area (Å²) in [5, 5.41) is 5.41. The lowest BCUT2D eigenvalue weighted by Crippen LogP contribution is -2.11. The van der Waals surface area contributed by atoms with E-state index in [2.05, 4.69) is 5.10 Å². The van der Waals surface area contributed by atoms with Crippen LogP contribution in [0, 0.1) is 0 Å². The van der Waals surface area contributed by atoms with E-state index in [1.54, 1.807) is 55.6 Å². The van der Waals surface area contributed by atoms with Crippen LogP contribution in [-0.4, -0.2) is 22.9 Å². The molecule has 0 amide bonds. The van der Waals surface area contributed by atoms with Crippen molar-refractivity contribution in [2.45, 2.75) is 0 Å². The Labute approximate surface area is 183 Å². The second kappa shape index (κ2) is 8.61. The molecule has 0 spiro atoms. The van der Waals surface area contributed by atoms with Gasteiger partial charge in [0.2, 0.25) is 5.88 Å². The van der Waals surface area contributed by atoms with E-state index in [0.717, 1.165) is 5.56 Å². The summed E-state index contributed by atoms with van der Waals surface area (Å²) in [6.07, 6.45) is 0. The van der Waals surface area contributed by atoms with Crippen molar-refractivity contribution in [2.24, 2.45) is 0 Å². The van der Waals surface area contributed by atoms with Crippen LogP contribution in [-0.2, 0) is 0 Å². The Kier molecular flexibility index (Phi) is 5.74. The molecule has 1 heterocycles. The van der Waals surface area contributed by atoms with Crippen LogP contribution in [0.1, 0.15) is 10.4 Å². The van der Waals surface area contributed by atoms with Gasteiger partial charge in [-0.1, -0.05) is 53.5 Å². The molecule has 1 aromatic heterocycles. The van der Waals surface area contributed by atoms with E-state index in [4.69, 9.17) is 32.7 Å². The maximum Gasteiger partial charge on any atom is 0.344 e. The first-order valence-corrected chi connectivity index (χ1v) is 9.78. The number of carbonyl (C=O) groups is 1. The van der Waals surface area contributed by atoms with Crippen LogP contribution in [0.3, 0.4) is 0 Å². The number of rotatable bonds is 5. The number of benzene rings is 3. The minimum absolute atomic E-state index is 0.257. The van der Waals surface area contributed by atoms with Crippen LogP contribution in [0.4, 0.5) is 0 Å². The molecule has 0 aliphatic rings. The van der Waals surface area contributed by atoms with Crippen molar-refractivity contribution in [3.63, 3.8) is 0 Å². The van der Waals surface area contributed by atoms with Gasteiger partial charge >= 0.3 is 5.97 Å². The molecule has 0 fully saturated rings. The third-order valence-corrected chi connectivity index (χ3v) is 5.16. The summed E-state index contributed by atoms with van der Waals surface area (Å²) in [5.41, 5.74) is 2.54. The van der Waals surface area contributed by atoms with E-state index in [1.807, 2.05) is 30.3 Å². The van der Waals surface area contributed by atoms with Crippen LogP contribution in [0.25, 0.3) is 16.9 Å². The van der Waals surface area contributed by atoms with Gasteiger partial charge in [-0.2, -0.15) is 9.78 Å². The second-order valence-electron chi connectivity index (χ2n) is 6.36. The molecular weight excluding hydrogens is 423 g/mol. The summed E-state index contributed by atoms with van der Waals surface area (Å²) in [7, 11) is 1.56. The van der Waals surface area contributed by atoms with Gasteiger partial charge in [-0.15, -0.1) is 0 Å². The third kappa shape index (κ3) is 4.17. The summed E-state index contributed by atoms with van der Waals surface area (Å²) in [5.74, 6) is 0.394. The van der Waals surface area contributed by atoms with Crippen molar-refractivity contribution in [1.29, 1.82) is 0 Å². The molecule has 0 bridgehead atoms. The molecule has 5 nitrogen and oxygen atoms in total. The van der Waals surface area contributed by atoms with E-state index in [1.165, 1.54) is 4.68 Å². The molecule has 0 saturated heterocycles. The van der Waals surface area contributed by atoms with Gasteiger partial charge in [0, 0.05) is 11.6 Å². The SMILES string of the molecule is COc1ccc(C(=O)Oc2cc(-c3ccccc3)nn2-c2ccc(Cl)c(Cl)c2)cc1. The average molecular weight is 439 g/mol. The lowest BCUT2D eigenvalue weighted by atomic mass is 10.2. The largest absolute Gasteiger partial charge is 0.497 e. The Balaban J connectivity index is 1.73. The van der Waals surface area contributed by atoms with Crippen molar-refractivity contribution in [3.05, 3.63) is 94.5 Å². The predicted molar refractivity (Wildman–Crippen MR) is 117 cm³/mol. The van der Waals surface area contributed by atoms with Crippen LogP contribution in [0.15, 0.2) is 78.9 Å². The Morgan fingerprint density at radius 3 is 2.30 bits per heavy atom. The molecule has 0 radical (unpaired) electrons. The average Bonchev–Trinajstić information content (AvgIpc) is 3.20. The zero-order valence-corrected chi connectivity index (χ0v) is 17.4. The Morgan fingerprint density at radius 2 is 1.63 bits per heavy atom. The highest BCUT2D eigenvalue weighted by atomic mass is 35.5. The topological polar surface area (TPSA) is 53.4 Å². The third-order valence-electron chi connectivity index (χ3n) is 4.42.